The molecule has 0 amide bonds. The molecular formula is C12H24N2O. The van der Waals surface area contributed by atoms with Gasteiger partial charge >= 0.3 is 0 Å². The number of rotatable bonds is 8. The van der Waals surface area contributed by atoms with E-state index in [1.54, 1.807) is 0 Å². The molecule has 3 nitrogen and oxygen atoms in total. The Morgan fingerprint density at radius 3 is 2.47 bits per heavy atom. The highest BCUT2D eigenvalue weighted by Gasteiger charge is 2.07. The average Bonchev–Trinajstić information content (AvgIpc) is 2.21. The Hall–Kier alpha value is -0.590. The molecule has 0 aliphatic carbocycles. The quantitative estimate of drug-likeness (QED) is 0.578. The first-order valence-corrected chi connectivity index (χ1v) is 5.79. The molecule has 1 unspecified atom stereocenters. The monoisotopic (exact) mass is 212 g/mol. The summed E-state index contributed by atoms with van der Waals surface area (Å²) in [4.78, 5) is 2.26. The molecule has 0 N–H and O–H groups in total. The van der Waals surface area contributed by atoms with Gasteiger partial charge in [0.05, 0.1) is 18.6 Å². The van der Waals surface area contributed by atoms with Gasteiger partial charge in [0, 0.05) is 19.7 Å². The zero-order valence-electron chi connectivity index (χ0n) is 10.5. The number of hydrogen-bond acceptors (Lipinski definition) is 3. The van der Waals surface area contributed by atoms with Crippen molar-refractivity contribution < 1.29 is 4.74 Å². The van der Waals surface area contributed by atoms with Crippen LogP contribution in [0.4, 0.5) is 0 Å². The SMILES string of the molecule is CCN(CCOCC(C)C)CC(C)C#N. The zero-order valence-corrected chi connectivity index (χ0v) is 10.5. The maximum absolute atomic E-state index is 8.72. The van der Waals surface area contributed by atoms with Crippen LogP contribution in [-0.2, 0) is 4.74 Å². The average molecular weight is 212 g/mol. The van der Waals surface area contributed by atoms with E-state index in [0.717, 1.165) is 32.8 Å². The molecule has 0 aromatic rings. The molecule has 3 heteroatoms. The van der Waals surface area contributed by atoms with Crippen molar-refractivity contribution in [3.8, 4) is 6.07 Å². The second-order valence-electron chi connectivity index (χ2n) is 4.39. The molecule has 88 valence electrons. The van der Waals surface area contributed by atoms with Crippen molar-refractivity contribution in [1.29, 1.82) is 5.26 Å². The predicted octanol–water partition coefficient (Wildman–Crippen LogP) is 2.14. The highest BCUT2D eigenvalue weighted by atomic mass is 16.5. The number of nitrogens with zero attached hydrogens (tertiary/aromatic N) is 2. The number of likely N-dealkylation sites (N-methyl/N-ethyl adjacent to an activating group) is 1. The van der Waals surface area contributed by atoms with E-state index in [9.17, 15) is 0 Å². The van der Waals surface area contributed by atoms with Gasteiger partial charge in [-0.15, -0.1) is 0 Å². The Bertz CT molecular complexity index is 187. The van der Waals surface area contributed by atoms with Gasteiger partial charge in [-0.3, -0.25) is 0 Å². The standard InChI is InChI=1S/C12H24N2O/c1-5-14(9-12(4)8-13)6-7-15-10-11(2)3/h11-12H,5-7,9-10H2,1-4H3. The van der Waals surface area contributed by atoms with Gasteiger partial charge in [-0.05, 0) is 19.4 Å². The van der Waals surface area contributed by atoms with E-state index in [1.807, 2.05) is 6.92 Å². The fourth-order valence-corrected chi connectivity index (χ4v) is 1.32. The fourth-order valence-electron chi connectivity index (χ4n) is 1.32. The van der Waals surface area contributed by atoms with Crippen LogP contribution in [0.1, 0.15) is 27.7 Å². The van der Waals surface area contributed by atoms with E-state index < -0.39 is 0 Å². The van der Waals surface area contributed by atoms with Crippen LogP contribution >= 0.6 is 0 Å². The van der Waals surface area contributed by atoms with Gasteiger partial charge in [0.25, 0.3) is 0 Å². The van der Waals surface area contributed by atoms with Crippen LogP contribution < -0.4 is 0 Å². The van der Waals surface area contributed by atoms with E-state index in [4.69, 9.17) is 10.00 Å². The van der Waals surface area contributed by atoms with Gasteiger partial charge < -0.3 is 9.64 Å². The molecule has 0 spiro atoms. The van der Waals surface area contributed by atoms with Gasteiger partial charge in [-0.1, -0.05) is 20.8 Å². The van der Waals surface area contributed by atoms with E-state index in [1.165, 1.54) is 0 Å². The van der Waals surface area contributed by atoms with Crippen LogP contribution in [0.5, 0.6) is 0 Å². The third-order valence-corrected chi connectivity index (χ3v) is 2.20. The van der Waals surface area contributed by atoms with E-state index in [-0.39, 0.29) is 5.92 Å². The third kappa shape index (κ3) is 8.41. The lowest BCUT2D eigenvalue weighted by atomic mass is 10.2. The summed E-state index contributed by atoms with van der Waals surface area (Å²) >= 11 is 0. The maximum atomic E-state index is 8.72. The smallest absolute Gasteiger partial charge is 0.0666 e. The highest BCUT2D eigenvalue weighted by Crippen LogP contribution is 1.99. The summed E-state index contributed by atoms with van der Waals surface area (Å²) in [6.07, 6.45) is 0. The van der Waals surface area contributed by atoms with Crippen molar-refractivity contribution >= 4 is 0 Å². The van der Waals surface area contributed by atoms with Crippen LogP contribution in [0.25, 0.3) is 0 Å². The largest absolute Gasteiger partial charge is 0.380 e. The van der Waals surface area contributed by atoms with Crippen molar-refractivity contribution in [2.24, 2.45) is 11.8 Å². The lowest BCUT2D eigenvalue weighted by molar-refractivity contribution is 0.0848. The Morgan fingerprint density at radius 2 is 2.00 bits per heavy atom. The Morgan fingerprint density at radius 1 is 1.33 bits per heavy atom. The van der Waals surface area contributed by atoms with Crippen LogP contribution in [0.15, 0.2) is 0 Å². The van der Waals surface area contributed by atoms with Crippen molar-refractivity contribution in [2.75, 3.05) is 32.8 Å². The summed E-state index contributed by atoms with van der Waals surface area (Å²) in [5, 5.41) is 8.72. The molecule has 0 aliphatic rings. The fraction of sp³-hybridized carbons (Fsp3) is 0.917. The first kappa shape index (κ1) is 14.4. The van der Waals surface area contributed by atoms with Gasteiger partial charge in [0.15, 0.2) is 0 Å². The number of hydrogen-bond donors (Lipinski definition) is 0. The van der Waals surface area contributed by atoms with Crippen molar-refractivity contribution in [2.45, 2.75) is 27.7 Å². The summed E-state index contributed by atoms with van der Waals surface area (Å²) in [7, 11) is 0. The van der Waals surface area contributed by atoms with Crippen LogP contribution in [0.3, 0.4) is 0 Å². The van der Waals surface area contributed by atoms with Crippen molar-refractivity contribution in [1.82, 2.24) is 4.90 Å². The molecule has 0 aliphatic heterocycles. The van der Waals surface area contributed by atoms with Gasteiger partial charge in [0.2, 0.25) is 0 Å². The minimum Gasteiger partial charge on any atom is -0.380 e. The molecule has 0 saturated heterocycles. The minimum absolute atomic E-state index is 0.107. The first-order valence-electron chi connectivity index (χ1n) is 5.79. The van der Waals surface area contributed by atoms with Crippen molar-refractivity contribution in [3.05, 3.63) is 0 Å². The minimum atomic E-state index is 0.107. The molecule has 0 aromatic heterocycles. The Balaban J connectivity index is 3.58. The van der Waals surface area contributed by atoms with Crippen LogP contribution in [0, 0.1) is 23.2 Å². The topological polar surface area (TPSA) is 36.3 Å². The maximum Gasteiger partial charge on any atom is 0.0666 e. The van der Waals surface area contributed by atoms with Gasteiger partial charge in [-0.25, -0.2) is 0 Å². The lowest BCUT2D eigenvalue weighted by Crippen LogP contribution is -2.31. The molecular weight excluding hydrogens is 188 g/mol. The second-order valence-corrected chi connectivity index (χ2v) is 4.39. The number of ether oxygens (including phenoxy) is 1. The van der Waals surface area contributed by atoms with Gasteiger partial charge in [-0.2, -0.15) is 5.26 Å². The van der Waals surface area contributed by atoms with Crippen LogP contribution in [-0.4, -0.2) is 37.7 Å². The van der Waals surface area contributed by atoms with E-state index >= 15 is 0 Å². The summed E-state index contributed by atoms with van der Waals surface area (Å²) in [6, 6.07) is 2.26. The molecule has 0 radical (unpaired) electrons. The lowest BCUT2D eigenvalue weighted by Gasteiger charge is -2.21. The Kier molecular flexibility index (Phi) is 8.35. The van der Waals surface area contributed by atoms with Crippen LogP contribution in [0.2, 0.25) is 0 Å². The number of nitriles is 1. The Labute approximate surface area is 94.0 Å². The van der Waals surface area contributed by atoms with Gasteiger partial charge in [0.1, 0.15) is 0 Å². The van der Waals surface area contributed by atoms with E-state index in [0.29, 0.717) is 5.92 Å². The van der Waals surface area contributed by atoms with Crippen molar-refractivity contribution in [3.63, 3.8) is 0 Å². The molecule has 0 saturated carbocycles. The molecule has 0 fully saturated rings. The summed E-state index contributed by atoms with van der Waals surface area (Å²) in [5.41, 5.74) is 0. The molecule has 15 heavy (non-hydrogen) atoms. The highest BCUT2D eigenvalue weighted by molar-refractivity contribution is 4.81. The molecule has 0 rings (SSSR count). The first-order chi connectivity index (χ1) is 7.10. The zero-order chi connectivity index (χ0) is 11.7. The third-order valence-electron chi connectivity index (χ3n) is 2.20. The molecule has 1 atom stereocenters. The molecule has 0 aromatic carbocycles. The van der Waals surface area contributed by atoms with E-state index in [2.05, 4.69) is 31.7 Å². The second kappa shape index (κ2) is 8.70. The summed E-state index contributed by atoms with van der Waals surface area (Å²) in [5.74, 6) is 0.702. The normalized spacial score (nSPS) is 13.1. The molecule has 0 bridgehead atoms. The summed E-state index contributed by atoms with van der Waals surface area (Å²) in [6.45, 7) is 12.7. The predicted molar refractivity (Wildman–Crippen MR) is 62.5 cm³/mol. The molecule has 0 heterocycles. The summed E-state index contributed by atoms with van der Waals surface area (Å²) < 4.78 is 5.52.